The molecule has 0 aliphatic rings. The van der Waals surface area contributed by atoms with Crippen molar-refractivity contribution in [1.29, 1.82) is 0 Å². The van der Waals surface area contributed by atoms with Crippen LogP contribution in [0.25, 0.3) is 6.08 Å². The number of halogens is 1. The summed E-state index contributed by atoms with van der Waals surface area (Å²) in [6, 6.07) is 10.8. The van der Waals surface area contributed by atoms with Crippen LogP contribution < -0.4 is 20.9 Å². The van der Waals surface area contributed by atoms with Gasteiger partial charge in [0.1, 0.15) is 5.75 Å². The molecule has 2 aromatic rings. The molecule has 0 bridgehead atoms. The lowest BCUT2D eigenvalue weighted by molar-refractivity contribution is -0.384. The number of benzene rings is 2. The van der Waals surface area contributed by atoms with Crippen LogP contribution in [0.15, 0.2) is 48.5 Å². The van der Waals surface area contributed by atoms with E-state index in [1.807, 2.05) is 0 Å². The molecule has 2 amide bonds. The van der Waals surface area contributed by atoms with Gasteiger partial charge in [-0.3, -0.25) is 35.9 Å². The topological polar surface area (TPSA) is 123 Å². The number of amides is 2. The summed E-state index contributed by atoms with van der Waals surface area (Å²) in [5.41, 5.74) is 5.82. The quantitative estimate of drug-likeness (QED) is 0.268. The van der Waals surface area contributed by atoms with E-state index in [-0.39, 0.29) is 17.4 Å². The van der Waals surface area contributed by atoms with E-state index in [9.17, 15) is 19.7 Å². The molecule has 0 aliphatic heterocycles. The number of hydrazine groups is 1. The lowest BCUT2D eigenvalue weighted by Gasteiger charge is -2.11. The molecule has 30 heavy (non-hydrogen) atoms. The van der Waals surface area contributed by atoms with Crippen LogP contribution >= 0.6 is 23.8 Å². The molecule has 0 radical (unpaired) electrons. The number of hydrogen-bond donors (Lipinski definition) is 3. The monoisotopic (exact) mass is 448 g/mol. The van der Waals surface area contributed by atoms with Gasteiger partial charge in [0, 0.05) is 23.2 Å². The van der Waals surface area contributed by atoms with Crippen LogP contribution in [0.4, 0.5) is 5.69 Å². The molecule has 0 spiro atoms. The normalized spacial score (nSPS) is 10.3. The number of non-ortho nitro benzene ring substituents is 1. The zero-order valence-corrected chi connectivity index (χ0v) is 17.3. The highest BCUT2D eigenvalue weighted by atomic mass is 35.5. The van der Waals surface area contributed by atoms with Crippen molar-refractivity contribution < 1.29 is 19.2 Å². The maximum absolute atomic E-state index is 11.9. The Morgan fingerprint density at radius 2 is 2.00 bits per heavy atom. The van der Waals surface area contributed by atoms with Crippen LogP contribution in [0.5, 0.6) is 5.75 Å². The molecule has 0 saturated carbocycles. The third-order valence-electron chi connectivity index (χ3n) is 3.56. The number of ether oxygens (including phenoxy) is 1. The number of carbonyl (C=O) groups excluding carboxylic acids is 2. The molecule has 0 heterocycles. The van der Waals surface area contributed by atoms with Crippen molar-refractivity contribution in [3.8, 4) is 5.75 Å². The summed E-state index contributed by atoms with van der Waals surface area (Å²) in [5, 5.41) is 13.5. The van der Waals surface area contributed by atoms with Gasteiger partial charge in [-0.25, -0.2) is 0 Å². The highest BCUT2D eigenvalue weighted by molar-refractivity contribution is 7.80. The van der Waals surface area contributed by atoms with Crippen LogP contribution in [-0.4, -0.2) is 28.5 Å². The molecular weight excluding hydrogens is 432 g/mol. The lowest BCUT2D eigenvalue weighted by atomic mass is 10.2. The van der Waals surface area contributed by atoms with Crippen molar-refractivity contribution in [3.05, 3.63) is 74.8 Å². The first kappa shape index (κ1) is 22.8. The van der Waals surface area contributed by atoms with Gasteiger partial charge in [-0.15, -0.1) is 0 Å². The van der Waals surface area contributed by atoms with Crippen molar-refractivity contribution in [2.24, 2.45) is 0 Å². The van der Waals surface area contributed by atoms with Crippen molar-refractivity contribution in [3.63, 3.8) is 0 Å². The van der Waals surface area contributed by atoms with Crippen LogP contribution in [0.1, 0.15) is 11.1 Å². The van der Waals surface area contributed by atoms with Gasteiger partial charge in [-0.05, 0) is 54.5 Å². The van der Waals surface area contributed by atoms with E-state index in [1.165, 1.54) is 24.3 Å². The molecule has 0 saturated heterocycles. The first-order chi connectivity index (χ1) is 14.2. The van der Waals surface area contributed by atoms with Gasteiger partial charge < -0.3 is 4.74 Å². The van der Waals surface area contributed by atoms with Crippen molar-refractivity contribution >= 4 is 52.5 Å². The molecule has 9 nitrogen and oxygen atoms in total. The fourth-order valence-corrected chi connectivity index (χ4v) is 2.56. The summed E-state index contributed by atoms with van der Waals surface area (Å²) >= 11 is 10.8. The predicted molar refractivity (Wildman–Crippen MR) is 116 cm³/mol. The number of nitro groups is 1. The Morgan fingerprint density at radius 1 is 1.23 bits per heavy atom. The third-order valence-corrected chi connectivity index (χ3v) is 4.00. The minimum Gasteiger partial charge on any atom is -0.483 e. The maximum atomic E-state index is 11.9. The van der Waals surface area contributed by atoms with Crippen LogP contribution in [-0.2, 0) is 9.59 Å². The number of aryl methyl sites for hydroxylation is 1. The van der Waals surface area contributed by atoms with Crippen LogP contribution in [0, 0.1) is 17.0 Å². The first-order valence-corrected chi connectivity index (χ1v) is 9.24. The van der Waals surface area contributed by atoms with Gasteiger partial charge in [0.2, 0.25) is 5.91 Å². The molecule has 156 valence electrons. The number of nitrogens with one attached hydrogen (secondary N) is 3. The smallest absolute Gasteiger partial charge is 0.276 e. The lowest BCUT2D eigenvalue weighted by Crippen LogP contribution is -2.49. The fourth-order valence-electron chi connectivity index (χ4n) is 2.18. The van der Waals surface area contributed by atoms with Gasteiger partial charge in [0.05, 0.1) is 4.92 Å². The molecule has 0 aromatic heterocycles. The van der Waals surface area contributed by atoms with E-state index in [1.54, 1.807) is 31.2 Å². The average Bonchev–Trinajstić information content (AvgIpc) is 2.70. The molecule has 3 N–H and O–H groups in total. The van der Waals surface area contributed by atoms with E-state index < -0.39 is 16.7 Å². The van der Waals surface area contributed by atoms with E-state index in [0.29, 0.717) is 16.3 Å². The largest absolute Gasteiger partial charge is 0.483 e. The van der Waals surface area contributed by atoms with Gasteiger partial charge in [0.15, 0.2) is 11.7 Å². The minimum atomic E-state index is -0.582. The summed E-state index contributed by atoms with van der Waals surface area (Å²) in [6.45, 7) is 1.52. The number of hydrogen-bond acceptors (Lipinski definition) is 6. The Labute approximate surface area is 182 Å². The summed E-state index contributed by atoms with van der Waals surface area (Å²) in [7, 11) is 0. The Balaban J connectivity index is 1.75. The standard InChI is InChI=1S/C19H17ClN4O5S/c1-12-9-14(20)6-7-16(12)29-11-18(26)22-23-19(30)21-17(25)8-5-13-3-2-4-15(10-13)24(27)28/h2-10H,11H2,1H3,(H,22,26)(H2,21,23,25,30)/b8-5+. The number of carbonyl (C=O) groups is 2. The Morgan fingerprint density at radius 3 is 2.70 bits per heavy atom. The van der Waals surface area contributed by atoms with Crippen molar-refractivity contribution in [2.45, 2.75) is 6.92 Å². The molecule has 11 heteroatoms. The number of thiocarbonyl (C=S) groups is 1. The average molecular weight is 449 g/mol. The van der Waals surface area contributed by atoms with E-state index in [2.05, 4.69) is 16.2 Å². The van der Waals surface area contributed by atoms with E-state index >= 15 is 0 Å². The second-order valence-corrected chi connectivity index (χ2v) is 6.72. The number of nitro benzene ring substituents is 1. The fraction of sp³-hybridized carbons (Fsp3) is 0.105. The molecular formula is C19H17ClN4O5S. The zero-order valence-electron chi connectivity index (χ0n) is 15.7. The Bertz CT molecular complexity index is 1010. The van der Waals surface area contributed by atoms with Crippen molar-refractivity contribution in [2.75, 3.05) is 6.61 Å². The van der Waals surface area contributed by atoms with E-state index in [4.69, 9.17) is 28.6 Å². The minimum absolute atomic E-state index is 0.0894. The molecule has 2 aromatic carbocycles. The second-order valence-electron chi connectivity index (χ2n) is 5.88. The number of nitrogens with zero attached hydrogens (tertiary/aromatic N) is 1. The van der Waals surface area contributed by atoms with Gasteiger partial charge in [-0.1, -0.05) is 23.7 Å². The van der Waals surface area contributed by atoms with Crippen LogP contribution in [0.2, 0.25) is 5.02 Å². The molecule has 2 rings (SSSR count). The molecule has 0 fully saturated rings. The van der Waals surface area contributed by atoms with Gasteiger partial charge in [0.25, 0.3) is 11.6 Å². The Kier molecular flexibility index (Phi) is 8.27. The second kappa shape index (κ2) is 10.9. The summed E-state index contributed by atoms with van der Waals surface area (Å²) in [4.78, 5) is 33.9. The van der Waals surface area contributed by atoms with Crippen molar-refractivity contribution in [1.82, 2.24) is 16.2 Å². The first-order valence-electron chi connectivity index (χ1n) is 8.46. The highest BCUT2D eigenvalue weighted by Crippen LogP contribution is 2.21. The molecule has 0 aliphatic carbocycles. The summed E-state index contributed by atoms with van der Waals surface area (Å²) < 4.78 is 5.38. The van der Waals surface area contributed by atoms with Gasteiger partial charge >= 0.3 is 0 Å². The SMILES string of the molecule is Cc1cc(Cl)ccc1OCC(=O)NNC(=S)NC(=O)/C=C/c1cccc([N+](=O)[O-])c1. The molecule has 0 unspecified atom stereocenters. The highest BCUT2D eigenvalue weighted by Gasteiger charge is 2.07. The summed E-state index contributed by atoms with van der Waals surface area (Å²) in [6.07, 6.45) is 2.55. The number of rotatable bonds is 6. The summed E-state index contributed by atoms with van der Waals surface area (Å²) in [5.74, 6) is -0.592. The maximum Gasteiger partial charge on any atom is 0.276 e. The Hall–Kier alpha value is -3.50. The molecule has 0 atom stereocenters. The third kappa shape index (κ3) is 7.49. The van der Waals surface area contributed by atoms with Gasteiger partial charge in [-0.2, -0.15) is 0 Å². The van der Waals surface area contributed by atoms with E-state index in [0.717, 1.165) is 11.6 Å². The predicted octanol–water partition coefficient (Wildman–Crippen LogP) is 2.67. The van der Waals surface area contributed by atoms with Crippen LogP contribution in [0.3, 0.4) is 0 Å². The zero-order chi connectivity index (χ0) is 22.1.